The van der Waals surface area contributed by atoms with Crippen LogP contribution < -0.4 is 5.73 Å². The molecule has 0 saturated heterocycles. The van der Waals surface area contributed by atoms with E-state index in [9.17, 15) is 0 Å². The van der Waals surface area contributed by atoms with Gasteiger partial charge in [-0.3, -0.25) is 0 Å². The minimum atomic E-state index is 0.600. The van der Waals surface area contributed by atoms with Crippen molar-refractivity contribution in [3.05, 3.63) is 30.1 Å². The zero-order chi connectivity index (χ0) is 10.7. The van der Waals surface area contributed by atoms with Gasteiger partial charge in [-0.05, 0) is 43.0 Å². The Bertz CT molecular complexity index is 433. The molecule has 0 amide bonds. The zero-order valence-electron chi connectivity index (χ0n) is 9.03. The highest BCUT2D eigenvalue weighted by Gasteiger charge is 2.02. The normalized spacial score (nSPS) is 13.2. The fourth-order valence-corrected chi connectivity index (χ4v) is 1.67. The van der Waals surface area contributed by atoms with Crippen molar-refractivity contribution in [3.8, 4) is 0 Å². The molecule has 3 nitrogen and oxygen atoms in total. The first kappa shape index (κ1) is 10.2. The Balaban J connectivity index is 2.08. The monoisotopic (exact) mass is 203 g/mol. The topological polar surface area (TPSA) is 54.7 Å². The molecule has 80 valence electrons. The number of hydrogen-bond donors (Lipinski definition) is 2. The number of fused-ring (bicyclic) bond motifs is 1. The van der Waals surface area contributed by atoms with Crippen LogP contribution in [0.2, 0.25) is 0 Å². The molecular weight excluding hydrogens is 186 g/mol. The Morgan fingerprint density at radius 3 is 3.13 bits per heavy atom. The number of nitrogens with one attached hydrogen (secondary N) is 1. The molecule has 0 bridgehead atoms. The Labute approximate surface area is 89.7 Å². The third-order valence-corrected chi connectivity index (χ3v) is 2.81. The van der Waals surface area contributed by atoms with Gasteiger partial charge >= 0.3 is 0 Å². The van der Waals surface area contributed by atoms with Crippen LogP contribution in [0.4, 0.5) is 0 Å². The summed E-state index contributed by atoms with van der Waals surface area (Å²) in [4.78, 5) is 7.32. The lowest BCUT2D eigenvalue weighted by molar-refractivity contribution is 0.545. The highest BCUT2D eigenvalue weighted by molar-refractivity contribution is 5.74. The van der Waals surface area contributed by atoms with Crippen LogP contribution in [-0.4, -0.2) is 16.5 Å². The molecule has 0 aliphatic heterocycles. The van der Waals surface area contributed by atoms with Gasteiger partial charge in [-0.25, -0.2) is 4.98 Å². The molecule has 0 fully saturated rings. The number of hydrogen-bond acceptors (Lipinski definition) is 2. The number of aryl methyl sites for hydroxylation is 1. The molecule has 15 heavy (non-hydrogen) atoms. The number of benzene rings is 1. The maximum Gasteiger partial charge on any atom is 0.0931 e. The number of nitrogens with zero attached hydrogens (tertiary/aromatic N) is 1. The van der Waals surface area contributed by atoms with Crippen molar-refractivity contribution >= 4 is 11.0 Å². The maximum absolute atomic E-state index is 5.59. The second kappa shape index (κ2) is 4.45. The van der Waals surface area contributed by atoms with E-state index < -0.39 is 0 Å². The zero-order valence-corrected chi connectivity index (χ0v) is 9.03. The summed E-state index contributed by atoms with van der Waals surface area (Å²) in [6.45, 7) is 2.96. The van der Waals surface area contributed by atoms with E-state index in [1.54, 1.807) is 6.33 Å². The molecule has 0 aliphatic carbocycles. The Kier molecular flexibility index (Phi) is 3.02. The largest absolute Gasteiger partial charge is 0.345 e. The van der Waals surface area contributed by atoms with E-state index in [2.05, 4.69) is 35.1 Å². The molecule has 0 saturated carbocycles. The standard InChI is InChI=1S/C12H17N3/c1-9(7-13)2-3-10-4-5-11-12(6-10)15-8-14-11/h4-6,8-9H,2-3,7,13H2,1H3,(H,14,15). The van der Waals surface area contributed by atoms with Gasteiger partial charge in [-0.2, -0.15) is 0 Å². The first-order valence-corrected chi connectivity index (χ1v) is 5.41. The van der Waals surface area contributed by atoms with Gasteiger partial charge in [0, 0.05) is 0 Å². The van der Waals surface area contributed by atoms with Gasteiger partial charge in [0.2, 0.25) is 0 Å². The molecule has 1 atom stereocenters. The number of aromatic nitrogens is 2. The van der Waals surface area contributed by atoms with Crippen LogP contribution in [0.3, 0.4) is 0 Å². The molecular formula is C12H17N3. The van der Waals surface area contributed by atoms with E-state index in [4.69, 9.17) is 5.73 Å². The first-order chi connectivity index (χ1) is 7.29. The third kappa shape index (κ3) is 2.36. The SMILES string of the molecule is CC(CN)CCc1ccc2nc[nH]c2c1. The second-order valence-corrected chi connectivity index (χ2v) is 4.13. The van der Waals surface area contributed by atoms with Gasteiger partial charge in [0.05, 0.1) is 17.4 Å². The predicted molar refractivity (Wildman–Crippen MR) is 62.6 cm³/mol. The van der Waals surface area contributed by atoms with Crippen LogP contribution in [0.5, 0.6) is 0 Å². The van der Waals surface area contributed by atoms with Gasteiger partial charge in [-0.15, -0.1) is 0 Å². The average Bonchev–Trinajstić information content (AvgIpc) is 2.72. The van der Waals surface area contributed by atoms with E-state index in [1.165, 1.54) is 5.56 Å². The van der Waals surface area contributed by atoms with Crippen molar-refractivity contribution in [2.45, 2.75) is 19.8 Å². The summed E-state index contributed by atoms with van der Waals surface area (Å²) in [7, 11) is 0. The summed E-state index contributed by atoms with van der Waals surface area (Å²) >= 11 is 0. The Morgan fingerprint density at radius 1 is 1.47 bits per heavy atom. The highest BCUT2D eigenvalue weighted by atomic mass is 14.9. The summed E-state index contributed by atoms with van der Waals surface area (Å²) < 4.78 is 0. The summed E-state index contributed by atoms with van der Waals surface area (Å²) in [6, 6.07) is 6.38. The number of rotatable bonds is 4. The molecule has 2 rings (SSSR count). The molecule has 1 heterocycles. The lowest BCUT2D eigenvalue weighted by Gasteiger charge is -2.07. The quantitative estimate of drug-likeness (QED) is 0.799. The van der Waals surface area contributed by atoms with Gasteiger partial charge in [-0.1, -0.05) is 13.0 Å². The third-order valence-electron chi connectivity index (χ3n) is 2.81. The van der Waals surface area contributed by atoms with E-state index >= 15 is 0 Å². The molecule has 2 aromatic rings. The fourth-order valence-electron chi connectivity index (χ4n) is 1.67. The van der Waals surface area contributed by atoms with E-state index in [0.717, 1.165) is 30.4 Å². The number of aromatic amines is 1. The molecule has 3 N–H and O–H groups in total. The van der Waals surface area contributed by atoms with Crippen LogP contribution in [-0.2, 0) is 6.42 Å². The van der Waals surface area contributed by atoms with Gasteiger partial charge in [0.25, 0.3) is 0 Å². The average molecular weight is 203 g/mol. The van der Waals surface area contributed by atoms with E-state index in [-0.39, 0.29) is 0 Å². The second-order valence-electron chi connectivity index (χ2n) is 4.13. The molecule has 0 spiro atoms. The van der Waals surface area contributed by atoms with Crippen molar-refractivity contribution in [3.63, 3.8) is 0 Å². The summed E-state index contributed by atoms with van der Waals surface area (Å²) in [6.07, 6.45) is 3.97. The van der Waals surface area contributed by atoms with Crippen LogP contribution in [0.1, 0.15) is 18.9 Å². The smallest absolute Gasteiger partial charge is 0.0931 e. The van der Waals surface area contributed by atoms with Crippen LogP contribution in [0.25, 0.3) is 11.0 Å². The van der Waals surface area contributed by atoms with Crippen molar-refractivity contribution in [2.75, 3.05) is 6.54 Å². The molecule has 1 aromatic heterocycles. The maximum atomic E-state index is 5.59. The lowest BCUT2D eigenvalue weighted by atomic mass is 10.0. The van der Waals surface area contributed by atoms with Gasteiger partial charge < -0.3 is 10.7 Å². The van der Waals surface area contributed by atoms with Crippen molar-refractivity contribution in [1.82, 2.24) is 9.97 Å². The highest BCUT2D eigenvalue weighted by Crippen LogP contribution is 2.14. The van der Waals surface area contributed by atoms with E-state index in [1.807, 2.05) is 0 Å². The Morgan fingerprint density at radius 2 is 2.33 bits per heavy atom. The van der Waals surface area contributed by atoms with Crippen LogP contribution >= 0.6 is 0 Å². The first-order valence-electron chi connectivity index (χ1n) is 5.41. The van der Waals surface area contributed by atoms with Crippen LogP contribution in [0, 0.1) is 5.92 Å². The van der Waals surface area contributed by atoms with E-state index in [0.29, 0.717) is 5.92 Å². The molecule has 0 aliphatic rings. The summed E-state index contributed by atoms with van der Waals surface area (Å²) in [5.74, 6) is 0.600. The molecule has 3 heteroatoms. The molecule has 1 aromatic carbocycles. The molecule has 0 radical (unpaired) electrons. The molecule has 1 unspecified atom stereocenters. The minimum absolute atomic E-state index is 0.600. The fraction of sp³-hybridized carbons (Fsp3) is 0.417. The summed E-state index contributed by atoms with van der Waals surface area (Å²) in [5, 5.41) is 0. The van der Waals surface area contributed by atoms with Gasteiger partial charge in [0.15, 0.2) is 0 Å². The van der Waals surface area contributed by atoms with Crippen molar-refractivity contribution < 1.29 is 0 Å². The number of imidazole rings is 1. The number of nitrogens with two attached hydrogens (primary N) is 1. The lowest BCUT2D eigenvalue weighted by Crippen LogP contribution is -2.11. The van der Waals surface area contributed by atoms with Gasteiger partial charge in [0.1, 0.15) is 0 Å². The van der Waals surface area contributed by atoms with Crippen LogP contribution in [0.15, 0.2) is 24.5 Å². The Hall–Kier alpha value is -1.35. The minimum Gasteiger partial charge on any atom is -0.345 e. The predicted octanol–water partition coefficient (Wildman–Crippen LogP) is 2.09. The van der Waals surface area contributed by atoms with Crippen molar-refractivity contribution in [1.29, 1.82) is 0 Å². The van der Waals surface area contributed by atoms with Crippen molar-refractivity contribution in [2.24, 2.45) is 11.7 Å². The summed E-state index contributed by atoms with van der Waals surface area (Å²) in [5.41, 5.74) is 9.10. The number of H-pyrrole nitrogens is 1.